The van der Waals surface area contributed by atoms with Crippen molar-refractivity contribution in [3.05, 3.63) is 83.9 Å². The molecule has 3 aromatic rings. The highest BCUT2D eigenvalue weighted by Gasteiger charge is 2.35. The fraction of sp³-hybridized carbons (Fsp3) is 0.192. The van der Waals surface area contributed by atoms with Crippen LogP contribution in [0.2, 0.25) is 0 Å². The van der Waals surface area contributed by atoms with Crippen molar-refractivity contribution in [3.63, 3.8) is 0 Å². The van der Waals surface area contributed by atoms with Crippen molar-refractivity contribution in [1.82, 2.24) is 14.7 Å². The minimum atomic E-state index is -0.0501. The monoisotopic (exact) mass is 475 g/mol. The molecule has 0 radical (unpaired) electrons. The first kappa shape index (κ1) is 23.0. The number of carbonyl (C=O) groups is 1. The number of benzene rings is 2. The van der Waals surface area contributed by atoms with Gasteiger partial charge in [-0.25, -0.2) is 4.68 Å². The lowest BCUT2D eigenvalue weighted by Gasteiger charge is -2.21. The van der Waals surface area contributed by atoms with E-state index in [1.807, 2.05) is 78.5 Å². The third kappa shape index (κ3) is 4.94. The molecular weight excluding hydrogens is 450 g/mol. The van der Waals surface area contributed by atoms with Crippen LogP contribution in [0, 0.1) is 0 Å². The van der Waals surface area contributed by atoms with Gasteiger partial charge in [-0.15, -0.1) is 0 Å². The van der Waals surface area contributed by atoms with Crippen LogP contribution < -0.4 is 4.74 Å². The largest absolute Gasteiger partial charge is 0.490 e. The van der Waals surface area contributed by atoms with Crippen molar-refractivity contribution in [1.29, 1.82) is 0 Å². The second kappa shape index (κ2) is 10.2. The molecular formula is C26H25N3O2S2. The van der Waals surface area contributed by atoms with Gasteiger partial charge in [-0.3, -0.25) is 9.69 Å². The average Bonchev–Trinajstić information content (AvgIpc) is 3.38. The van der Waals surface area contributed by atoms with Crippen molar-refractivity contribution < 1.29 is 9.53 Å². The Bertz CT molecular complexity index is 1200. The number of thiocarbonyl (C=S) groups is 1. The average molecular weight is 476 g/mol. The summed E-state index contributed by atoms with van der Waals surface area (Å²) in [5.74, 6) is 0.711. The molecule has 0 N–H and O–H groups in total. The van der Waals surface area contributed by atoms with Crippen LogP contribution >= 0.6 is 24.0 Å². The van der Waals surface area contributed by atoms with E-state index in [0.29, 0.717) is 15.8 Å². The van der Waals surface area contributed by atoms with E-state index < -0.39 is 0 Å². The van der Waals surface area contributed by atoms with E-state index in [2.05, 4.69) is 13.5 Å². The van der Waals surface area contributed by atoms with Gasteiger partial charge >= 0.3 is 0 Å². The Hall–Kier alpha value is -3.16. The zero-order valence-corrected chi connectivity index (χ0v) is 20.2. The van der Waals surface area contributed by atoms with Gasteiger partial charge in [0.2, 0.25) is 0 Å². The maximum Gasteiger partial charge on any atom is 0.266 e. The number of carbonyl (C=O) groups excluding carboxylic acids is 1. The van der Waals surface area contributed by atoms with Gasteiger partial charge in [0.25, 0.3) is 5.91 Å². The molecule has 0 aliphatic carbocycles. The Balaban J connectivity index is 1.75. The molecule has 0 bridgehead atoms. The van der Waals surface area contributed by atoms with Crippen molar-refractivity contribution in [2.75, 3.05) is 6.61 Å². The summed E-state index contributed by atoms with van der Waals surface area (Å²) in [5.41, 5.74) is 3.50. The first-order valence-electron chi connectivity index (χ1n) is 10.8. The smallest absolute Gasteiger partial charge is 0.266 e. The van der Waals surface area contributed by atoms with Gasteiger partial charge < -0.3 is 4.74 Å². The zero-order chi connectivity index (χ0) is 23.4. The van der Waals surface area contributed by atoms with Crippen LogP contribution in [0.1, 0.15) is 25.8 Å². The van der Waals surface area contributed by atoms with E-state index >= 15 is 0 Å². The maximum atomic E-state index is 13.1. The number of rotatable bonds is 8. The molecule has 1 saturated heterocycles. The first-order chi connectivity index (χ1) is 16.0. The number of ether oxygens (including phenoxy) is 1. The number of amides is 1. The van der Waals surface area contributed by atoms with Gasteiger partial charge in [-0.05, 0) is 55.8 Å². The predicted octanol–water partition coefficient (Wildman–Crippen LogP) is 6.10. The molecule has 7 heteroatoms. The summed E-state index contributed by atoms with van der Waals surface area (Å²) < 4.78 is 8.04. The minimum Gasteiger partial charge on any atom is -0.490 e. The fourth-order valence-electron chi connectivity index (χ4n) is 3.48. The number of para-hydroxylation sites is 1. The zero-order valence-electron chi connectivity index (χ0n) is 18.6. The number of hydrogen-bond acceptors (Lipinski definition) is 5. The molecule has 1 amide bonds. The van der Waals surface area contributed by atoms with Crippen LogP contribution in [-0.2, 0) is 4.79 Å². The Morgan fingerprint density at radius 1 is 1.18 bits per heavy atom. The van der Waals surface area contributed by atoms with Crippen LogP contribution in [0.5, 0.6) is 5.75 Å². The third-order valence-corrected chi connectivity index (χ3v) is 6.73. The summed E-state index contributed by atoms with van der Waals surface area (Å²) in [6, 6.07) is 17.7. The fourth-order valence-corrected chi connectivity index (χ4v) is 4.93. The molecule has 2 heterocycles. The van der Waals surface area contributed by atoms with Gasteiger partial charge in [0, 0.05) is 23.4 Å². The standard InChI is InChI=1S/C26H25N3O2S2/c1-4-15-31-22-13-11-19(12-14-22)24-20(17-28(27-24)21-9-7-6-8-10-21)16-23-25(30)29(18(3)5-2)26(32)33-23/h4,6-14,16-18H,1,5,15H2,2-3H3/b23-16-/t18-/m1/s1. The quantitative estimate of drug-likeness (QED) is 0.224. The van der Waals surface area contributed by atoms with Crippen LogP contribution in [0.3, 0.4) is 0 Å². The minimum absolute atomic E-state index is 0.0501. The molecule has 1 atom stereocenters. The lowest BCUT2D eigenvalue weighted by atomic mass is 10.1. The molecule has 33 heavy (non-hydrogen) atoms. The van der Waals surface area contributed by atoms with E-state index in [0.717, 1.165) is 34.7 Å². The maximum absolute atomic E-state index is 13.1. The second-order valence-electron chi connectivity index (χ2n) is 7.65. The predicted molar refractivity (Wildman–Crippen MR) is 139 cm³/mol. The van der Waals surface area contributed by atoms with Gasteiger partial charge in [-0.2, -0.15) is 5.10 Å². The van der Waals surface area contributed by atoms with E-state index in [1.54, 1.807) is 11.0 Å². The number of thioether (sulfide) groups is 1. The summed E-state index contributed by atoms with van der Waals surface area (Å²) in [7, 11) is 0. The highest BCUT2D eigenvalue weighted by Crippen LogP contribution is 2.36. The van der Waals surface area contributed by atoms with Gasteiger partial charge in [0.15, 0.2) is 0 Å². The molecule has 0 spiro atoms. The number of nitrogens with zero attached hydrogens (tertiary/aromatic N) is 3. The molecule has 1 aliphatic heterocycles. The van der Waals surface area contributed by atoms with Gasteiger partial charge in [0.1, 0.15) is 16.7 Å². The summed E-state index contributed by atoms with van der Waals surface area (Å²) in [4.78, 5) is 15.4. The lowest BCUT2D eigenvalue weighted by molar-refractivity contribution is -0.123. The third-order valence-electron chi connectivity index (χ3n) is 5.40. The van der Waals surface area contributed by atoms with Crippen LogP contribution in [0.25, 0.3) is 23.0 Å². The van der Waals surface area contributed by atoms with Crippen LogP contribution in [-0.4, -0.2) is 37.6 Å². The molecule has 0 saturated carbocycles. The SMILES string of the molecule is C=CCOc1ccc(-c2nn(-c3ccccc3)cc2/C=C2\SC(=S)N([C@H](C)CC)C2=O)cc1. The Morgan fingerprint density at radius 2 is 1.91 bits per heavy atom. The van der Waals surface area contributed by atoms with Gasteiger partial charge in [-0.1, -0.05) is 61.8 Å². The topological polar surface area (TPSA) is 47.4 Å². The highest BCUT2D eigenvalue weighted by atomic mass is 32.2. The molecule has 2 aromatic carbocycles. The number of hydrogen-bond donors (Lipinski definition) is 0. The molecule has 168 valence electrons. The molecule has 1 aromatic heterocycles. The number of aromatic nitrogens is 2. The van der Waals surface area contributed by atoms with Crippen LogP contribution in [0.4, 0.5) is 0 Å². The van der Waals surface area contributed by atoms with Crippen molar-refractivity contribution >= 4 is 40.3 Å². The molecule has 0 unspecified atom stereocenters. The second-order valence-corrected chi connectivity index (χ2v) is 9.32. The van der Waals surface area contributed by atoms with Gasteiger partial charge in [0.05, 0.1) is 16.3 Å². The highest BCUT2D eigenvalue weighted by molar-refractivity contribution is 8.26. The molecule has 5 nitrogen and oxygen atoms in total. The lowest BCUT2D eigenvalue weighted by Crippen LogP contribution is -2.36. The normalized spacial score (nSPS) is 15.8. The summed E-state index contributed by atoms with van der Waals surface area (Å²) in [6.07, 6.45) is 6.40. The van der Waals surface area contributed by atoms with Crippen molar-refractivity contribution in [2.45, 2.75) is 26.3 Å². The van der Waals surface area contributed by atoms with Crippen LogP contribution in [0.15, 0.2) is 78.4 Å². The van der Waals surface area contributed by atoms with Crippen molar-refractivity contribution in [3.8, 4) is 22.7 Å². The molecule has 1 aliphatic rings. The summed E-state index contributed by atoms with van der Waals surface area (Å²) in [5, 5.41) is 4.85. The first-order valence-corrected chi connectivity index (χ1v) is 12.0. The Labute approximate surface area is 203 Å². The van der Waals surface area contributed by atoms with Crippen molar-refractivity contribution in [2.24, 2.45) is 0 Å². The Kier molecular flexibility index (Phi) is 7.11. The molecule has 1 fully saturated rings. The summed E-state index contributed by atoms with van der Waals surface area (Å²) in [6.45, 7) is 8.20. The Morgan fingerprint density at radius 3 is 2.58 bits per heavy atom. The molecule has 4 rings (SSSR count). The van der Waals surface area contributed by atoms with E-state index in [1.165, 1.54) is 11.8 Å². The van der Waals surface area contributed by atoms with E-state index in [-0.39, 0.29) is 11.9 Å². The van der Waals surface area contributed by atoms with E-state index in [9.17, 15) is 4.79 Å². The van der Waals surface area contributed by atoms with E-state index in [4.69, 9.17) is 22.1 Å². The summed E-state index contributed by atoms with van der Waals surface area (Å²) >= 11 is 6.84.